The highest BCUT2D eigenvalue weighted by molar-refractivity contribution is 6.04. The van der Waals surface area contributed by atoms with E-state index in [9.17, 15) is 28.2 Å². The van der Waals surface area contributed by atoms with Gasteiger partial charge in [-0.15, -0.1) is 0 Å². The Hall–Kier alpha value is -3.42. The van der Waals surface area contributed by atoms with Gasteiger partial charge in [-0.05, 0) is 42.3 Å². The fraction of sp³-hybridized carbons (Fsp3) is 0.150. The highest BCUT2D eigenvalue weighted by Crippen LogP contribution is 2.39. The van der Waals surface area contributed by atoms with Crippen LogP contribution < -0.4 is 5.32 Å². The minimum absolute atomic E-state index is 0.266. The number of aromatic nitrogens is 1. The number of H-pyrrole nitrogens is 1. The maximum Gasteiger partial charge on any atom is 0.416 e. The van der Waals surface area contributed by atoms with Crippen LogP contribution in [0.5, 0.6) is 11.5 Å². The maximum atomic E-state index is 12.8. The molecular weight excluding hydrogens is 373 g/mol. The number of benzene rings is 2. The Morgan fingerprint density at radius 1 is 1.04 bits per heavy atom. The summed E-state index contributed by atoms with van der Waals surface area (Å²) in [6.07, 6.45) is -3.00. The van der Waals surface area contributed by atoms with Crippen LogP contribution in [0, 0.1) is 0 Å². The van der Waals surface area contributed by atoms with Crippen LogP contribution in [-0.4, -0.2) is 27.6 Å². The third-order valence-electron chi connectivity index (χ3n) is 4.23. The van der Waals surface area contributed by atoms with Crippen molar-refractivity contribution in [3.05, 3.63) is 59.8 Å². The Bertz CT molecular complexity index is 1010. The van der Waals surface area contributed by atoms with Crippen molar-refractivity contribution in [2.45, 2.75) is 13.1 Å². The lowest BCUT2D eigenvalue weighted by Gasteiger charge is -2.11. The van der Waals surface area contributed by atoms with Crippen molar-refractivity contribution in [3.63, 3.8) is 0 Å². The van der Waals surface area contributed by atoms with Crippen LogP contribution in [0.15, 0.2) is 48.7 Å². The van der Waals surface area contributed by atoms with Crippen molar-refractivity contribution in [1.29, 1.82) is 0 Å². The van der Waals surface area contributed by atoms with Gasteiger partial charge in [-0.1, -0.05) is 18.2 Å². The summed E-state index contributed by atoms with van der Waals surface area (Å²) in [5.41, 5.74) is 1.16. The van der Waals surface area contributed by atoms with Gasteiger partial charge in [-0.25, -0.2) is 0 Å². The molecule has 1 amide bonds. The highest BCUT2D eigenvalue weighted by Gasteiger charge is 2.30. The Kier molecular flexibility index (Phi) is 5.04. The first kappa shape index (κ1) is 19.3. The first-order chi connectivity index (χ1) is 13.2. The molecule has 0 unspecified atom stereocenters. The van der Waals surface area contributed by atoms with Gasteiger partial charge in [-0.2, -0.15) is 13.2 Å². The SMILES string of the molecule is CCNC(=O)c1c[nH]c(-c2ccc(C(F)(F)F)cc2)c1-c1ccc(O)c(O)c1. The lowest BCUT2D eigenvalue weighted by Crippen LogP contribution is -2.22. The van der Waals surface area contributed by atoms with Crippen molar-refractivity contribution in [3.8, 4) is 33.9 Å². The van der Waals surface area contributed by atoms with Gasteiger partial charge in [-0.3, -0.25) is 4.79 Å². The number of rotatable bonds is 4. The Morgan fingerprint density at radius 3 is 2.25 bits per heavy atom. The molecule has 0 atom stereocenters. The molecule has 5 nitrogen and oxygen atoms in total. The second kappa shape index (κ2) is 7.30. The number of carbonyl (C=O) groups excluding carboxylic acids is 1. The van der Waals surface area contributed by atoms with Crippen molar-refractivity contribution < 1.29 is 28.2 Å². The van der Waals surface area contributed by atoms with Crippen molar-refractivity contribution >= 4 is 5.91 Å². The average Bonchev–Trinajstić information content (AvgIpc) is 3.09. The highest BCUT2D eigenvalue weighted by atomic mass is 19.4. The fourth-order valence-electron chi connectivity index (χ4n) is 2.89. The van der Waals surface area contributed by atoms with Gasteiger partial charge in [0.25, 0.3) is 5.91 Å². The molecule has 146 valence electrons. The predicted molar refractivity (Wildman–Crippen MR) is 98.0 cm³/mol. The van der Waals surface area contributed by atoms with E-state index in [0.717, 1.165) is 12.1 Å². The molecule has 0 aliphatic carbocycles. The summed E-state index contributed by atoms with van der Waals surface area (Å²) in [4.78, 5) is 15.4. The van der Waals surface area contributed by atoms with Gasteiger partial charge in [0, 0.05) is 18.3 Å². The second-order valence-electron chi connectivity index (χ2n) is 6.09. The minimum atomic E-state index is -4.45. The summed E-state index contributed by atoms with van der Waals surface area (Å²) < 4.78 is 38.5. The van der Waals surface area contributed by atoms with Gasteiger partial charge in [0.05, 0.1) is 16.8 Å². The molecule has 0 spiro atoms. The molecule has 4 N–H and O–H groups in total. The molecule has 3 rings (SSSR count). The van der Waals surface area contributed by atoms with Gasteiger partial charge in [0.2, 0.25) is 0 Å². The van der Waals surface area contributed by atoms with E-state index in [1.807, 2.05) is 0 Å². The Morgan fingerprint density at radius 2 is 1.68 bits per heavy atom. The topological polar surface area (TPSA) is 85.4 Å². The lowest BCUT2D eigenvalue weighted by molar-refractivity contribution is -0.137. The monoisotopic (exact) mass is 390 g/mol. The number of carbonyl (C=O) groups is 1. The van der Waals surface area contributed by atoms with Crippen molar-refractivity contribution in [1.82, 2.24) is 10.3 Å². The molecule has 1 aromatic heterocycles. The van der Waals surface area contributed by atoms with E-state index in [4.69, 9.17) is 0 Å². The number of phenols is 2. The standard InChI is InChI=1S/C20H17F3N2O3/c1-2-24-19(28)14-10-25-18(11-3-6-13(7-4-11)20(21,22)23)17(14)12-5-8-15(26)16(27)9-12/h3-10,25-27H,2H2,1H3,(H,24,28). The first-order valence-corrected chi connectivity index (χ1v) is 8.42. The van der Waals surface area contributed by atoms with E-state index in [1.54, 1.807) is 6.92 Å². The van der Waals surface area contributed by atoms with E-state index >= 15 is 0 Å². The first-order valence-electron chi connectivity index (χ1n) is 8.42. The Labute approximate surface area is 158 Å². The minimum Gasteiger partial charge on any atom is -0.504 e. The summed E-state index contributed by atoms with van der Waals surface area (Å²) >= 11 is 0. The van der Waals surface area contributed by atoms with E-state index in [2.05, 4.69) is 10.3 Å². The van der Waals surface area contributed by atoms with Crippen LogP contribution in [0.2, 0.25) is 0 Å². The summed E-state index contributed by atoms with van der Waals surface area (Å²) in [6.45, 7) is 2.15. The quantitative estimate of drug-likeness (QED) is 0.494. The average molecular weight is 390 g/mol. The maximum absolute atomic E-state index is 12.8. The molecule has 0 aliphatic rings. The van der Waals surface area contributed by atoms with Crippen LogP contribution >= 0.6 is 0 Å². The zero-order valence-corrected chi connectivity index (χ0v) is 14.8. The zero-order chi connectivity index (χ0) is 20.5. The van der Waals surface area contributed by atoms with Crippen LogP contribution in [0.3, 0.4) is 0 Å². The molecule has 0 saturated heterocycles. The number of hydrogen-bond donors (Lipinski definition) is 4. The summed E-state index contributed by atoms with van der Waals surface area (Å²) in [5, 5.41) is 22.1. The molecule has 0 radical (unpaired) electrons. The fourth-order valence-corrected chi connectivity index (χ4v) is 2.89. The third kappa shape index (κ3) is 3.66. The number of aromatic amines is 1. The molecule has 0 saturated carbocycles. The van der Waals surface area contributed by atoms with Crippen molar-refractivity contribution in [2.24, 2.45) is 0 Å². The zero-order valence-electron chi connectivity index (χ0n) is 14.8. The summed E-state index contributed by atoms with van der Waals surface area (Å²) in [5.74, 6) is -1.08. The summed E-state index contributed by atoms with van der Waals surface area (Å²) in [6, 6.07) is 8.60. The molecule has 0 bridgehead atoms. The molecule has 2 aromatic carbocycles. The number of hydrogen-bond acceptors (Lipinski definition) is 3. The molecule has 0 fully saturated rings. The van der Waals surface area contributed by atoms with Gasteiger partial charge in [0.15, 0.2) is 11.5 Å². The van der Waals surface area contributed by atoms with E-state index in [1.165, 1.54) is 36.5 Å². The van der Waals surface area contributed by atoms with Crippen LogP contribution in [0.25, 0.3) is 22.4 Å². The largest absolute Gasteiger partial charge is 0.504 e. The molecule has 8 heteroatoms. The molecular formula is C20H17F3N2O3. The van der Waals surface area contributed by atoms with Crippen molar-refractivity contribution in [2.75, 3.05) is 6.54 Å². The number of amides is 1. The molecule has 1 heterocycles. The van der Waals surface area contributed by atoms with Gasteiger partial charge < -0.3 is 20.5 Å². The van der Waals surface area contributed by atoms with Crippen LogP contribution in [0.1, 0.15) is 22.8 Å². The van der Waals surface area contributed by atoms with Gasteiger partial charge >= 0.3 is 6.18 Å². The predicted octanol–water partition coefficient (Wildman–Crippen LogP) is 4.53. The Balaban J connectivity index is 2.16. The summed E-state index contributed by atoms with van der Waals surface area (Å²) in [7, 11) is 0. The number of nitrogens with one attached hydrogen (secondary N) is 2. The van der Waals surface area contributed by atoms with Crippen LogP contribution in [-0.2, 0) is 6.18 Å². The third-order valence-corrected chi connectivity index (χ3v) is 4.23. The number of halogens is 3. The smallest absolute Gasteiger partial charge is 0.416 e. The number of phenolic OH excluding ortho intramolecular Hbond substituents is 2. The lowest BCUT2D eigenvalue weighted by atomic mass is 9.96. The molecule has 0 aliphatic heterocycles. The molecule has 3 aromatic rings. The van der Waals surface area contributed by atoms with E-state index < -0.39 is 11.7 Å². The van der Waals surface area contributed by atoms with E-state index in [0.29, 0.717) is 28.9 Å². The number of aromatic hydroxyl groups is 2. The second-order valence-corrected chi connectivity index (χ2v) is 6.09. The van der Waals surface area contributed by atoms with Crippen LogP contribution in [0.4, 0.5) is 13.2 Å². The normalized spacial score (nSPS) is 11.4. The van der Waals surface area contributed by atoms with E-state index in [-0.39, 0.29) is 23.0 Å². The van der Waals surface area contributed by atoms with Gasteiger partial charge in [0.1, 0.15) is 0 Å². The molecule has 28 heavy (non-hydrogen) atoms. The number of alkyl halides is 3.